The van der Waals surface area contributed by atoms with Gasteiger partial charge < -0.3 is 10.2 Å². The van der Waals surface area contributed by atoms with Crippen molar-refractivity contribution in [3.63, 3.8) is 0 Å². The molecule has 1 saturated heterocycles. The van der Waals surface area contributed by atoms with Crippen LogP contribution in [-0.4, -0.2) is 43.4 Å². The summed E-state index contributed by atoms with van der Waals surface area (Å²) < 4.78 is 23.3. The molecule has 0 bridgehead atoms. The van der Waals surface area contributed by atoms with Gasteiger partial charge in [-0.25, -0.2) is 13.2 Å². The number of nitrogens with one attached hydrogen (secondary N) is 1. The Labute approximate surface area is 136 Å². The molecule has 2 rings (SSSR count). The van der Waals surface area contributed by atoms with E-state index in [4.69, 9.17) is 11.6 Å². The van der Waals surface area contributed by atoms with Crippen molar-refractivity contribution in [2.45, 2.75) is 32.9 Å². The number of aryl methyl sites for hydroxylation is 1. The van der Waals surface area contributed by atoms with Crippen LogP contribution in [0.5, 0.6) is 0 Å². The molecule has 1 aliphatic heterocycles. The minimum Gasteiger partial charge on any atom is -0.334 e. The van der Waals surface area contributed by atoms with Crippen molar-refractivity contribution >= 4 is 27.5 Å². The van der Waals surface area contributed by atoms with Gasteiger partial charge in [0.1, 0.15) is 0 Å². The molecule has 0 saturated carbocycles. The first-order valence-electron chi connectivity index (χ1n) is 7.28. The Morgan fingerprint density at radius 3 is 2.86 bits per heavy atom. The quantitative estimate of drug-likeness (QED) is 0.895. The third kappa shape index (κ3) is 4.36. The van der Waals surface area contributed by atoms with Crippen LogP contribution in [-0.2, 0) is 16.4 Å². The zero-order valence-electron chi connectivity index (χ0n) is 12.8. The largest absolute Gasteiger partial charge is 0.334 e. The minimum atomic E-state index is -3.04. The number of carbonyl (C=O) groups excluding carboxylic acids is 1. The summed E-state index contributed by atoms with van der Waals surface area (Å²) in [5, 5.41) is 3.48. The molecule has 1 aliphatic rings. The van der Waals surface area contributed by atoms with E-state index in [0.717, 1.165) is 11.1 Å². The molecule has 1 atom stereocenters. The molecule has 0 aliphatic carbocycles. The van der Waals surface area contributed by atoms with Gasteiger partial charge in [0.2, 0.25) is 0 Å². The van der Waals surface area contributed by atoms with Crippen molar-refractivity contribution in [3.8, 4) is 0 Å². The molecule has 1 aromatic carbocycles. The van der Waals surface area contributed by atoms with Crippen LogP contribution in [0.4, 0.5) is 4.79 Å². The fourth-order valence-corrected chi connectivity index (χ4v) is 4.04. The zero-order valence-corrected chi connectivity index (χ0v) is 14.4. The molecule has 1 heterocycles. The molecule has 7 heteroatoms. The summed E-state index contributed by atoms with van der Waals surface area (Å²) in [7, 11) is -3.04. The molecule has 22 heavy (non-hydrogen) atoms. The Hall–Kier alpha value is -1.27. The van der Waals surface area contributed by atoms with Crippen molar-refractivity contribution in [3.05, 3.63) is 34.3 Å². The molecule has 0 aromatic heterocycles. The lowest BCUT2D eigenvalue weighted by molar-refractivity contribution is 0.182. The highest BCUT2D eigenvalue weighted by molar-refractivity contribution is 7.91. The van der Waals surface area contributed by atoms with Gasteiger partial charge in [-0.15, -0.1) is 0 Å². The Balaban J connectivity index is 2.01. The molecule has 1 N–H and O–H groups in total. The Morgan fingerprint density at radius 1 is 1.41 bits per heavy atom. The third-order valence-electron chi connectivity index (χ3n) is 4.02. The average molecular weight is 345 g/mol. The highest BCUT2D eigenvalue weighted by Crippen LogP contribution is 2.16. The lowest BCUT2D eigenvalue weighted by Crippen LogP contribution is -2.45. The maximum atomic E-state index is 12.3. The number of nitrogens with zero attached hydrogens (tertiary/aromatic N) is 1. The monoisotopic (exact) mass is 344 g/mol. The normalized spacial score (nSPS) is 21.2. The molecular weight excluding hydrogens is 324 g/mol. The van der Waals surface area contributed by atoms with Gasteiger partial charge in [0.15, 0.2) is 9.84 Å². The SMILES string of the molecule is Cc1ccc(Cl)cc1CNC(=O)N1CCS(=O)(=O)CCC1C. The second-order valence-corrected chi connectivity index (χ2v) is 8.45. The summed E-state index contributed by atoms with van der Waals surface area (Å²) in [6.07, 6.45) is 0.478. The predicted molar refractivity (Wildman–Crippen MR) is 87.9 cm³/mol. The Bertz CT molecular complexity index is 661. The van der Waals surface area contributed by atoms with E-state index in [1.54, 1.807) is 4.90 Å². The number of rotatable bonds is 2. The third-order valence-corrected chi connectivity index (χ3v) is 5.92. The van der Waals surface area contributed by atoms with Gasteiger partial charge in [-0.3, -0.25) is 0 Å². The van der Waals surface area contributed by atoms with Crippen LogP contribution in [0.15, 0.2) is 18.2 Å². The highest BCUT2D eigenvalue weighted by atomic mass is 35.5. The number of hydrogen-bond acceptors (Lipinski definition) is 3. The van der Waals surface area contributed by atoms with Crippen LogP contribution in [0.25, 0.3) is 0 Å². The van der Waals surface area contributed by atoms with Crippen LogP contribution >= 0.6 is 11.6 Å². The van der Waals surface area contributed by atoms with Gasteiger partial charge in [0.05, 0.1) is 11.5 Å². The van der Waals surface area contributed by atoms with Gasteiger partial charge in [-0.05, 0) is 43.5 Å². The van der Waals surface area contributed by atoms with E-state index >= 15 is 0 Å². The summed E-state index contributed by atoms with van der Waals surface area (Å²) in [5.74, 6) is 0.173. The van der Waals surface area contributed by atoms with Crippen LogP contribution < -0.4 is 5.32 Å². The molecule has 1 aromatic rings. The summed E-state index contributed by atoms with van der Waals surface area (Å²) in [5.41, 5.74) is 2.01. The van der Waals surface area contributed by atoms with Crippen LogP contribution in [0.1, 0.15) is 24.5 Å². The Morgan fingerprint density at radius 2 is 2.14 bits per heavy atom. The Kier molecular flexibility index (Phi) is 5.34. The van der Waals surface area contributed by atoms with E-state index in [1.165, 1.54) is 0 Å². The summed E-state index contributed by atoms with van der Waals surface area (Å²) in [6, 6.07) is 5.23. The highest BCUT2D eigenvalue weighted by Gasteiger charge is 2.27. The molecular formula is C15H21ClN2O3S. The fourth-order valence-electron chi connectivity index (χ4n) is 2.47. The van der Waals surface area contributed by atoms with Crippen LogP contribution in [0, 0.1) is 6.92 Å². The first kappa shape index (κ1) is 17.1. The topological polar surface area (TPSA) is 66.5 Å². The minimum absolute atomic E-state index is 0.0287. The maximum absolute atomic E-state index is 12.3. The summed E-state index contributed by atoms with van der Waals surface area (Å²) in [6.45, 7) is 4.45. The van der Waals surface area contributed by atoms with Gasteiger partial charge in [-0.2, -0.15) is 0 Å². The maximum Gasteiger partial charge on any atom is 0.317 e. The van der Waals surface area contributed by atoms with Crippen molar-refractivity contribution in [2.75, 3.05) is 18.1 Å². The number of benzene rings is 1. The zero-order chi connectivity index (χ0) is 16.3. The standard InChI is InChI=1S/C15H21ClN2O3S/c1-11-3-4-14(16)9-13(11)10-17-15(19)18-6-8-22(20,21)7-5-12(18)2/h3-4,9,12H,5-8,10H2,1-2H3,(H,17,19). The number of carbonyl (C=O) groups is 1. The van der Waals surface area contributed by atoms with Crippen molar-refractivity contribution in [2.24, 2.45) is 0 Å². The molecule has 0 spiro atoms. The molecule has 122 valence electrons. The molecule has 5 nitrogen and oxygen atoms in total. The van der Waals surface area contributed by atoms with E-state index in [1.807, 2.05) is 32.0 Å². The second-order valence-electron chi connectivity index (χ2n) is 5.71. The summed E-state index contributed by atoms with van der Waals surface area (Å²) >= 11 is 5.97. The van der Waals surface area contributed by atoms with Crippen molar-refractivity contribution < 1.29 is 13.2 Å². The predicted octanol–water partition coefficient (Wildman–Crippen LogP) is 2.37. The summed E-state index contributed by atoms with van der Waals surface area (Å²) in [4.78, 5) is 13.9. The molecule has 1 fully saturated rings. The van der Waals surface area contributed by atoms with E-state index in [-0.39, 0.29) is 30.1 Å². The fraction of sp³-hybridized carbons (Fsp3) is 0.533. The van der Waals surface area contributed by atoms with Crippen molar-refractivity contribution in [1.82, 2.24) is 10.2 Å². The first-order valence-corrected chi connectivity index (χ1v) is 9.48. The number of sulfone groups is 1. The van der Waals surface area contributed by atoms with Crippen molar-refractivity contribution in [1.29, 1.82) is 0 Å². The number of hydrogen-bond donors (Lipinski definition) is 1. The van der Waals surface area contributed by atoms with Gasteiger partial charge in [-0.1, -0.05) is 17.7 Å². The molecule has 1 unspecified atom stereocenters. The van der Waals surface area contributed by atoms with E-state index in [2.05, 4.69) is 5.32 Å². The van der Waals surface area contributed by atoms with Gasteiger partial charge >= 0.3 is 6.03 Å². The smallest absolute Gasteiger partial charge is 0.317 e. The van der Waals surface area contributed by atoms with E-state index in [9.17, 15) is 13.2 Å². The van der Waals surface area contributed by atoms with Crippen LogP contribution in [0.3, 0.4) is 0 Å². The first-order chi connectivity index (χ1) is 10.3. The number of halogens is 1. The number of urea groups is 1. The van der Waals surface area contributed by atoms with Gasteiger partial charge in [0.25, 0.3) is 0 Å². The lowest BCUT2D eigenvalue weighted by atomic mass is 10.1. The van der Waals surface area contributed by atoms with E-state index in [0.29, 0.717) is 18.0 Å². The lowest BCUT2D eigenvalue weighted by Gasteiger charge is -2.27. The molecule has 0 radical (unpaired) electrons. The van der Waals surface area contributed by atoms with E-state index < -0.39 is 9.84 Å². The van der Waals surface area contributed by atoms with Crippen LogP contribution in [0.2, 0.25) is 5.02 Å². The second kappa shape index (κ2) is 6.87. The number of amides is 2. The molecule has 2 amide bonds. The average Bonchev–Trinajstić information content (AvgIpc) is 2.59. The van der Waals surface area contributed by atoms with Gasteiger partial charge in [0, 0.05) is 24.2 Å².